The predicted octanol–water partition coefficient (Wildman–Crippen LogP) is -0.515. The Labute approximate surface area is 106 Å². The van der Waals surface area contributed by atoms with Crippen LogP contribution in [0.3, 0.4) is 0 Å². The van der Waals surface area contributed by atoms with E-state index in [1.807, 2.05) is 6.92 Å². The molecule has 3 amide bonds. The fraction of sp³-hybridized carbons (Fsp3) is 0.727. The molecule has 3 N–H and O–H groups in total. The van der Waals surface area contributed by atoms with Crippen LogP contribution in [0, 0.1) is 11.8 Å². The van der Waals surface area contributed by atoms with Crippen molar-refractivity contribution in [1.82, 2.24) is 15.5 Å². The van der Waals surface area contributed by atoms with Gasteiger partial charge in [-0.25, -0.2) is 4.79 Å². The van der Waals surface area contributed by atoms with Gasteiger partial charge in [0.1, 0.15) is 0 Å². The molecule has 7 heteroatoms. The molecule has 1 heterocycles. The first-order chi connectivity index (χ1) is 8.45. The Morgan fingerprint density at radius 3 is 2.50 bits per heavy atom. The number of amides is 3. The van der Waals surface area contributed by atoms with Crippen molar-refractivity contribution in [3.05, 3.63) is 0 Å². The van der Waals surface area contributed by atoms with Crippen molar-refractivity contribution in [2.75, 3.05) is 26.7 Å². The third-order valence-electron chi connectivity index (χ3n) is 3.12. The van der Waals surface area contributed by atoms with E-state index in [4.69, 9.17) is 5.11 Å². The molecule has 0 unspecified atom stereocenters. The van der Waals surface area contributed by atoms with E-state index in [1.165, 1.54) is 11.9 Å². The molecule has 0 aromatic heterocycles. The summed E-state index contributed by atoms with van der Waals surface area (Å²) in [5.41, 5.74) is 0. The topological polar surface area (TPSA) is 98.7 Å². The molecule has 0 aromatic rings. The van der Waals surface area contributed by atoms with Crippen molar-refractivity contribution in [1.29, 1.82) is 0 Å². The number of hydrogen-bond acceptors (Lipinski definition) is 3. The van der Waals surface area contributed by atoms with Crippen molar-refractivity contribution in [2.24, 2.45) is 11.8 Å². The van der Waals surface area contributed by atoms with Gasteiger partial charge in [0, 0.05) is 33.1 Å². The highest BCUT2D eigenvalue weighted by molar-refractivity contribution is 5.79. The number of likely N-dealkylation sites (tertiary alicyclic amines) is 1. The smallest absolute Gasteiger partial charge is 0.317 e. The summed E-state index contributed by atoms with van der Waals surface area (Å²) >= 11 is 0. The maximum Gasteiger partial charge on any atom is 0.317 e. The van der Waals surface area contributed by atoms with Crippen LogP contribution in [0.4, 0.5) is 4.79 Å². The van der Waals surface area contributed by atoms with E-state index in [9.17, 15) is 14.4 Å². The number of nitrogens with one attached hydrogen (secondary N) is 2. The lowest BCUT2D eigenvalue weighted by molar-refractivity contribution is -0.142. The van der Waals surface area contributed by atoms with Gasteiger partial charge in [-0.15, -0.1) is 0 Å². The monoisotopic (exact) mass is 257 g/mol. The van der Waals surface area contributed by atoms with Crippen LogP contribution in [0.2, 0.25) is 0 Å². The minimum atomic E-state index is -0.872. The third kappa shape index (κ3) is 3.61. The van der Waals surface area contributed by atoms with Gasteiger partial charge in [-0.05, 0) is 5.92 Å². The van der Waals surface area contributed by atoms with E-state index in [-0.39, 0.29) is 37.4 Å². The number of carboxylic acid groups (broad SMARTS) is 1. The van der Waals surface area contributed by atoms with Crippen LogP contribution in [-0.2, 0) is 9.59 Å². The summed E-state index contributed by atoms with van der Waals surface area (Å²) < 4.78 is 0. The Morgan fingerprint density at radius 1 is 1.33 bits per heavy atom. The molecule has 7 nitrogen and oxygen atoms in total. The molecule has 1 saturated heterocycles. The van der Waals surface area contributed by atoms with Gasteiger partial charge in [0.05, 0.1) is 5.92 Å². The number of carboxylic acids is 1. The highest BCUT2D eigenvalue weighted by atomic mass is 16.4. The lowest BCUT2D eigenvalue weighted by Gasteiger charge is -2.16. The lowest BCUT2D eigenvalue weighted by Crippen LogP contribution is -2.40. The van der Waals surface area contributed by atoms with Gasteiger partial charge in [0.15, 0.2) is 0 Å². The summed E-state index contributed by atoms with van der Waals surface area (Å²) in [4.78, 5) is 35.1. The van der Waals surface area contributed by atoms with Crippen LogP contribution in [0.15, 0.2) is 0 Å². The van der Waals surface area contributed by atoms with Crippen molar-refractivity contribution in [3.8, 4) is 0 Å². The van der Waals surface area contributed by atoms with Crippen molar-refractivity contribution in [3.63, 3.8) is 0 Å². The Hall–Kier alpha value is -1.79. The third-order valence-corrected chi connectivity index (χ3v) is 3.12. The van der Waals surface area contributed by atoms with E-state index in [2.05, 4.69) is 10.6 Å². The van der Waals surface area contributed by atoms with Crippen molar-refractivity contribution >= 4 is 17.9 Å². The van der Waals surface area contributed by atoms with Crippen LogP contribution < -0.4 is 10.6 Å². The Balaban J connectivity index is 2.35. The van der Waals surface area contributed by atoms with Gasteiger partial charge in [0.2, 0.25) is 5.91 Å². The van der Waals surface area contributed by atoms with Crippen LogP contribution >= 0.6 is 0 Å². The average molecular weight is 257 g/mol. The molecule has 102 valence electrons. The fourth-order valence-electron chi connectivity index (χ4n) is 1.97. The van der Waals surface area contributed by atoms with E-state index in [0.29, 0.717) is 6.54 Å². The zero-order valence-electron chi connectivity index (χ0n) is 10.6. The first kappa shape index (κ1) is 14.3. The molecular formula is C11H19N3O4. The normalized spacial score (nSPS) is 22.7. The SMILES string of the molecule is CNC(=O)CCNC(=O)N1C[C@@H](C)[C@H](C(=O)O)C1. The Bertz CT molecular complexity index is 345. The van der Waals surface area contributed by atoms with E-state index >= 15 is 0 Å². The van der Waals surface area contributed by atoms with Crippen molar-refractivity contribution in [2.45, 2.75) is 13.3 Å². The second kappa shape index (κ2) is 6.23. The highest BCUT2D eigenvalue weighted by Crippen LogP contribution is 2.22. The molecular weight excluding hydrogens is 238 g/mol. The second-order valence-corrected chi connectivity index (χ2v) is 4.48. The number of carbonyl (C=O) groups is 3. The Morgan fingerprint density at radius 2 is 2.00 bits per heavy atom. The summed E-state index contributed by atoms with van der Waals surface area (Å²) in [7, 11) is 1.53. The van der Waals surface area contributed by atoms with Gasteiger partial charge >= 0.3 is 12.0 Å². The molecule has 1 fully saturated rings. The number of aliphatic carboxylic acids is 1. The number of rotatable bonds is 4. The summed E-state index contributed by atoms with van der Waals surface area (Å²) in [5.74, 6) is -1.57. The molecule has 2 atom stereocenters. The van der Waals surface area contributed by atoms with E-state index in [1.54, 1.807) is 0 Å². The van der Waals surface area contributed by atoms with Crippen LogP contribution in [0.1, 0.15) is 13.3 Å². The maximum absolute atomic E-state index is 11.7. The number of nitrogens with zero attached hydrogens (tertiary/aromatic N) is 1. The Kier molecular flexibility index (Phi) is 4.94. The molecule has 18 heavy (non-hydrogen) atoms. The molecule has 1 aliphatic rings. The summed E-state index contributed by atoms with van der Waals surface area (Å²) in [6, 6.07) is -0.311. The van der Waals surface area contributed by atoms with Gasteiger partial charge in [0.25, 0.3) is 0 Å². The minimum Gasteiger partial charge on any atom is -0.481 e. The van der Waals surface area contributed by atoms with Gasteiger partial charge in [-0.3, -0.25) is 9.59 Å². The number of hydrogen-bond donors (Lipinski definition) is 3. The van der Waals surface area contributed by atoms with Crippen LogP contribution in [0.25, 0.3) is 0 Å². The first-order valence-electron chi connectivity index (χ1n) is 5.92. The second-order valence-electron chi connectivity index (χ2n) is 4.48. The quantitative estimate of drug-likeness (QED) is 0.631. The van der Waals surface area contributed by atoms with Gasteiger partial charge in [-0.2, -0.15) is 0 Å². The number of carbonyl (C=O) groups excluding carboxylic acids is 2. The average Bonchev–Trinajstić information content (AvgIpc) is 2.71. The molecule has 0 saturated carbocycles. The lowest BCUT2D eigenvalue weighted by atomic mass is 9.99. The first-order valence-corrected chi connectivity index (χ1v) is 5.92. The molecule has 0 spiro atoms. The largest absolute Gasteiger partial charge is 0.481 e. The van der Waals surface area contributed by atoms with Crippen LogP contribution in [0.5, 0.6) is 0 Å². The summed E-state index contributed by atoms with van der Waals surface area (Å²) in [6.45, 7) is 2.73. The summed E-state index contributed by atoms with van der Waals surface area (Å²) in [5, 5.41) is 14.0. The number of urea groups is 1. The van der Waals surface area contributed by atoms with Crippen LogP contribution in [-0.4, -0.2) is 54.6 Å². The zero-order chi connectivity index (χ0) is 13.7. The van der Waals surface area contributed by atoms with Gasteiger partial charge in [-0.1, -0.05) is 6.92 Å². The predicted molar refractivity (Wildman–Crippen MR) is 63.9 cm³/mol. The standard InChI is InChI=1S/C11H19N3O4/c1-7-5-14(6-8(7)10(16)17)11(18)13-4-3-9(15)12-2/h7-8H,3-6H2,1-2H3,(H,12,15)(H,13,18)(H,16,17)/t7-,8-/m1/s1. The van der Waals surface area contributed by atoms with E-state index in [0.717, 1.165) is 0 Å². The molecule has 0 bridgehead atoms. The molecule has 0 aliphatic carbocycles. The fourth-order valence-corrected chi connectivity index (χ4v) is 1.97. The van der Waals surface area contributed by atoms with E-state index < -0.39 is 11.9 Å². The molecule has 0 radical (unpaired) electrons. The highest BCUT2D eigenvalue weighted by Gasteiger charge is 2.36. The molecule has 1 aliphatic heterocycles. The van der Waals surface area contributed by atoms with Crippen molar-refractivity contribution < 1.29 is 19.5 Å². The minimum absolute atomic E-state index is 0.0489. The maximum atomic E-state index is 11.7. The van der Waals surface area contributed by atoms with Gasteiger partial charge < -0.3 is 20.6 Å². The molecule has 0 aromatic carbocycles. The molecule has 1 rings (SSSR count). The summed E-state index contributed by atoms with van der Waals surface area (Å²) in [6.07, 6.45) is 0.216. The zero-order valence-corrected chi connectivity index (χ0v) is 10.6.